The molecule has 0 aliphatic carbocycles. The number of rotatable bonds is 8. The average Bonchev–Trinajstić information content (AvgIpc) is 3.14. The van der Waals surface area contributed by atoms with E-state index in [2.05, 4.69) is 15.3 Å². The van der Waals surface area contributed by atoms with Crippen LogP contribution in [0.4, 0.5) is 0 Å². The number of benzene rings is 2. The van der Waals surface area contributed by atoms with Crippen molar-refractivity contribution in [1.82, 2.24) is 15.3 Å². The topological polar surface area (TPSA) is 115 Å². The molecule has 1 amide bonds. The standard InChI is InChI=1S/C21H21N3O4/c25-19(26)11-10-17(23-20(27)18-13-22-21(28)24-18)12-14-6-8-16(9-7-14)15-4-2-1-3-5-15/h1-9,13,17H,10-12H2,(H,23,27)(H,25,26)(H2,22,24,28). The summed E-state index contributed by atoms with van der Waals surface area (Å²) in [4.78, 5) is 39.2. The van der Waals surface area contributed by atoms with Gasteiger partial charge in [-0.2, -0.15) is 0 Å². The van der Waals surface area contributed by atoms with Crippen LogP contribution >= 0.6 is 0 Å². The molecular weight excluding hydrogens is 358 g/mol. The third kappa shape index (κ3) is 5.20. The van der Waals surface area contributed by atoms with Crippen molar-refractivity contribution < 1.29 is 14.7 Å². The Kier molecular flexibility index (Phi) is 6.06. The molecule has 7 nitrogen and oxygen atoms in total. The fourth-order valence-electron chi connectivity index (χ4n) is 2.99. The summed E-state index contributed by atoms with van der Waals surface area (Å²) in [6.45, 7) is 0. The Balaban J connectivity index is 1.70. The van der Waals surface area contributed by atoms with Crippen molar-refractivity contribution in [2.24, 2.45) is 0 Å². The van der Waals surface area contributed by atoms with Crippen molar-refractivity contribution in [3.8, 4) is 11.1 Å². The lowest BCUT2D eigenvalue weighted by atomic mass is 9.98. The lowest BCUT2D eigenvalue weighted by molar-refractivity contribution is -0.137. The van der Waals surface area contributed by atoms with E-state index < -0.39 is 17.6 Å². The maximum Gasteiger partial charge on any atom is 0.323 e. The van der Waals surface area contributed by atoms with Gasteiger partial charge >= 0.3 is 11.7 Å². The second kappa shape index (κ2) is 8.85. The first-order valence-electron chi connectivity index (χ1n) is 8.96. The predicted molar refractivity (Wildman–Crippen MR) is 105 cm³/mol. The molecule has 144 valence electrons. The summed E-state index contributed by atoms with van der Waals surface area (Å²) in [5.41, 5.74) is 2.83. The highest BCUT2D eigenvalue weighted by Crippen LogP contribution is 2.20. The summed E-state index contributed by atoms with van der Waals surface area (Å²) < 4.78 is 0. The molecule has 1 aromatic heterocycles. The summed E-state index contributed by atoms with van der Waals surface area (Å²) in [6, 6.07) is 17.6. The van der Waals surface area contributed by atoms with Crippen LogP contribution in [0, 0.1) is 0 Å². The Morgan fingerprint density at radius 2 is 1.68 bits per heavy atom. The lowest BCUT2D eigenvalue weighted by Crippen LogP contribution is -2.37. The number of aromatic nitrogens is 2. The van der Waals surface area contributed by atoms with Gasteiger partial charge in [-0.25, -0.2) is 4.79 Å². The van der Waals surface area contributed by atoms with E-state index in [0.29, 0.717) is 6.42 Å². The Labute approximate surface area is 161 Å². The normalized spacial score (nSPS) is 11.7. The molecule has 0 fully saturated rings. The number of nitrogens with one attached hydrogen (secondary N) is 3. The van der Waals surface area contributed by atoms with Crippen LogP contribution in [-0.2, 0) is 11.2 Å². The van der Waals surface area contributed by atoms with Crippen LogP contribution in [0.1, 0.15) is 28.9 Å². The van der Waals surface area contributed by atoms with Crippen molar-refractivity contribution >= 4 is 11.9 Å². The summed E-state index contributed by atoms with van der Waals surface area (Å²) in [5.74, 6) is -1.37. The molecule has 0 saturated heterocycles. The average molecular weight is 379 g/mol. The largest absolute Gasteiger partial charge is 0.481 e. The Morgan fingerprint density at radius 3 is 2.29 bits per heavy atom. The van der Waals surface area contributed by atoms with E-state index in [1.807, 2.05) is 54.6 Å². The van der Waals surface area contributed by atoms with Gasteiger partial charge in [-0.15, -0.1) is 0 Å². The highest BCUT2D eigenvalue weighted by molar-refractivity contribution is 5.92. The number of aromatic amines is 2. The van der Waals surface area contributed by atoms with E-state index in [1.165, 1.54) is 6.20 Å². The molecule has 0 aliphatic heterocycles. The second-order valence-electron chi connectivity index (χ2n) is 6.53. The number of carbonyl (C=O) groups is 2. The van der Waals surface area contributed by atoms with E-state index in [-0.39, 0.29) is 24.6 Å². The van der Waals surface area contributed by atoms with Gasteiger partial charge in [-0.1, -0.05) is 54.6 Å². The van der Waals surface area contributed by atoms with Gasteiger partial charge in [-0.05, 0) is 29.5 Å². The Hall–Kier alpha value is -3.61. The zero-order valence-corrected chi connectivity index (χ0v) is 15.1. The van der Waals surface area contributed by atoms with Gasteiger partial charge < -0.3 is 20.4 Å². The summed E-state index contributed by atoms with van der Waals surface area (Å²) in [5, 5.41) is 11.8. The van der Waals surface area contributed by atoms with Gasteiger partial charge in [0.2, 0.25) is 0 Å². The van der Waals surface area contributed by atoms with E-state index in [0.717, 1.165) is 16.7 Å². The quantitative estimate of drug-likeness (QED) is 0.481. The molecule has 4 N–H and O–H groups in total. The van der Waals surface area contributed by atoms with Crippen molar-refractivity contribution in [2.75, 3.05) is 0 Å². The number of aliphatic carboxylic acids is 1. The van der Waals surface area contributed by atoms with Crippen LogP contribution in [0.15, 0.2) is 65.6 Å². The molecule has 1 heterocycles. The fourth-order valence-corrected chi connectivity index (χ4v) is 2.99. The van der Waals surface area contributed by atoms with Crippen molar-refractivity contribution in [3.63, 3.8) is 0 Å². The van der Waals surface area contributed by atoms with Crippen LogP contribution in [0.2, 0.25) is 0 Å². The summed E-state index contributed by atoms with van der Waals surface area (Å²) in [7, 11) is 0. The predicted octanol–water partition coefficient (Wildman–Crippen LogP) is 2.58. The van der Waals surface area contributed by atoms with Crippen LogP contribution in [-0.4, -0.2) is 33.0 Å². The number of amides is 1. The highest BCUT2D eigenvalue weighted by Gasteiger charge is 2.17. The first-order chi connectivity index (χ1) is 13.5. The van der Waals surface area contributed by atoms with Gasteiger partial charge in [-0.3, -0.25) is 9.59 Å². The van der Waals surface area contributed by atoms with Crippen LogP contribution < -0.4 is 11.0 Å². The zero-order chi connectivity index (χ0) is 19.9. The number of hydrogen-bond acceptors (Lipinski definition) is 3. The number of carboxylic acids is 1. The van der Waals surface area contributed by atoms with E-state index in [9.17, 15) is 14.4 Å². The maximum absolute atomic E-state index is 12.3. The first-order valence-corrected chi connectivity index (χ1v) is 8.96. The smallest absolute Gasteiger partial charge is 0.323 e. The van der Waals surface area contributed by atoms with Crippen molar-refractivity contribution in [3.05, 3.63) is 82.5 Å². The SMILES string of the molecule is O=C(O)CCC(Cc1ccc(-c2ccccc2)cc1)NC(=O)c1c[nH]c(=O)[nH]1. The second-order valence-corrected chi connectivity index (χ2v) is 6.53. The van der Waals surface area contributed by atoms with Gasteiger partial charge in [0, 0.05) is 18.7 Å². The lowest BCUT2D eigenvalue weighted by Gasteiger charge is -2.18. The van der Waals surface area contributed by atoms with E-state index >= 15 is 0 Å². The van der Waals surface area contributed by atoms with Crippen LogP contribution in [0.25, 0.3) is 11.1 Å². The molecule has 0 saturated carbocycles. The molecule has 7 heteroatoms. The molecule has 0 bridgehead atoms. The molecular formula is C21H21N3O4. The molecule has 0 spiro atoms. The number of carboxylic acid groups (broad SMARTS) is 1. The summed E-state index contributed by atoms with van der Waals surface area (Å²) in [6.07, 6.45) is 2.01. The van der Waals surface area contributed by atoms with Gasteiger partial charge in [0.25, 0.3) is 5.91 Å². The first kappa shape index (κ1) is 19.2. The fraction of sp³-hybridized carbons (Fsp3) is 0.190. The number of imidazole rings is 1. The minimum Gasteiger partial charge on any atom is -0.481 e. The van der Waals surface area contributed by atoms with E-state index in [1.54, 1.807) is 0 Å². The Bertz CT molecular complexity index is 990. The number of H-pyrrole nitrogens is 2. The van der Waals surface area contributed by atoms with Crippen LogP contribution in [0.3, 0.4) is 0 Å². The van der Waals surface area contributed by atoms with E-state index in [4.69, 9.17) is 5.11 Å². The Morgan fingerprint density at radius 1 is 1.00 bits per heavy atom. The van der Waals surface area contributed by atoms with Crippen molar-refractivity contribution in [1.29, 1.82) is 0 Å². The molecule has 28 heavy (non-hydrogen) atoms. The molecule has 0 aliphatic rings. The third-order valence-electron chi connectivity index (χ3n) is 4.43. The molecule has 2 aromatic carbocycles. The molecule has 3 rings (SSSR count). The maximum atomic E-state index is 12.3. The molecule has 0 radical (unpaired) electrons. The molecule has 1 unspecified atom stereocenters. The zero-order valence-electron chi connectivity index (χ0n) is 15.1. The highest BCUT2D eigenvalue weighted by atomic mass is 16.4. The molecule has 1 atom stereocenters. The monoisotopic (exact) mass is 379 g/mol. The minimum atomic E-state index is -0.922. The summed E-state index contributed by atoms with van der Waals surface area (Å²) >= 11 is 0. The van der Waals surface area contributed by atoms with Gasteiger partial charge in [0.15, 0.2) is 0 Å². The number of carbonyl (C=O) groups excluding carboxylic acids is 1. The molecule has 3 aromatic rings. The minimum absolute atomic E-state index is 0.0588. The van der Waals surface area contributed by atoms with Crippen molar-refractivity contribution in [2.45, 2.75) is 25.3 Å². The van der Waals surface area contributed by atoms with Gasteiger partial charge in [0.05, 0.1) is 0 Å². The van der Waals surface area contributed by atoms with Gasteiger partial charge in [0.1, 0.15) is 5.69 Å². The number of hydrogen-bond donors (Lipinski definition) is 4. The third-order valence-corrected chi connectivity index (χ3v) is 4.43. The van der Waals surface area contributed by atoms with Crippen LogP contribution in [0.5, 0.6) is 0 Å².